The van der Waals surface area contributed by atoms with Crippen molar-refractivity contribution in [1.82, 2.24) is 14.9 Å². The molecule has 8 nitrogen and oxygen atoms in total. The number of rotatable bonds is 12. The van der Waals surface area contributed by atoms with Crippen LogP contribution >= 0.6 is 0 Å². The van der Waals surface area contributed by atoms with Crippen molar-refractivity contribution in [2.24, 2.45) is 0 Å². The number of urea groups is 1. The average Bonchev–Trinajstić information content (AvgIpc) is 3.00. The topological polar surface area (TPSA) is 90.6 Å². The number of hydrogen-bond acceptors (Lipinski definition) is 5. The number of H-pyrrole nitrogens is 1. The zero-order valence-corrected chi connectivity index (χ0v) is 26.5. The standard InChI is InChI=1S/C35H45N5O3/c1-8-39(9-2)17-12-18-40(31-22-26-14-11-16-36-33(26)38-34(31)41)35(42)37-32-29(23(3)4)20-27(21-30(32)24(5)6)25-13-10-15-28(19-25)43-7/h10-11,13-16,19-24H,8-9,12,17-18H2,1-7H3,(H,37,42)(H,36,38,41). The van der Waals surface area contributed by atoms with Crippen molar-refractivity contribution in [1.29, 1.82) is 0 Å². The van der Waals surface area contributed by atoms with Crippen molar-refractivity contribution in [2.75, 3.05) is 43.5 Å². The Balaban J connectivity index is 1.77. The SMILES string of the molecule is CCN(CC)CCCN(C(=O)Nc1c(C(C)C)cc(-c2cccc(OC)c2)cc1C(C)C)c1cc2cccnc2[nH]c1=O. The van der Waals surface area contributed by atoms with E-state index in [2.05, 4.69) is 79.9 Å². The number of benzene rings is 2. The molecule has 0 aliphatic rings. The first-order valence-electron chi connectivity index (χ1n) is 15.3. The molecule has 0 spiro atoms. The van der Waals surface area contributed by atoms with Crippen molar-refractivity contribution in [3.63, 3.8) is 0 Å². The molecule has 2 aromatic carbocycles. The van der Waals surface area contributed by atoms with E-state index in [9.17, 15) is 9.59 Å². The van der Waals surface area contributed by atoms with E-state index >= 15 is 0 Å². The van der Waals surface area contributed by atoms with Crippen LogP contribution in [0.15, 0.2) is 65.6 Å². The highest BCUT2D eigenvalue weighted by molar-refractivity contribution is 6.03. The van der Waals surface area contributed by atoms with Crippen LogP contribution in [0.5, 0.6) is 5.75 Å². The summed E-state index contributed by atoms with van der Waals surface area (Å²) in [6, 6.07) is 17.5. The van der Waals surface area contributed by atoms with Gasteiger partial charge in [0.2, 0.25) is 0 Å². The Labute approximate surface area is 255 Å². The van der Waals surface area contributed by atoms with Gasteiger partial charge in [0.05, 0.1) is 7.11 Å². The van der Waals surface area contributed by atoms with Gasteiger partial charge in [0.1, 0.15) is 17.1 Å². The number of anilines is 2. The van der Waals surface area contributed by atoms with Gasteiger partial charge in [-0.3, -0.25) is 9.69 Å². The van der Waals surface area contributed by atoms with Crippen LogP contribution in [0.2, 0.25) is 0 Å². The molecule has 0 unspecified atom stereocenters. The van der Waals surface area contributed by atoms with Gasteiger partial charge in [-0.1, -0.05) is 53.7 Å². The molecule has 4 rings (SSSR count). The van der Waals surface area contributed by atoms with E-state index in [1.165, 1.54) is 0 Å². The number of nitrogens with one attached hydrogen (secondary N) is 2. The molecule has 2 aromatic heterocycles. The van der Waals surface area contributed by atoms with Crippen LogP contribution in [-0.2, 0) is 0 Å². The van der Waals surface area contributed by atoms with Crippen LogP contribution in [0.1, 0.15) is 70.9 Å². The second-order valence-corrected chi connectivity index (χ2v) is 11.5. The molecule has 4 aromatic rings. The Bertz CT molecular complexity index is 1580. The largest absolute Gasteiger partial charge is 0.497 e. The Morgan fingerprint density at radius 3 is 2.26 bits per heavy atom. The van der Waals surface area contributed by atoms with Crippen LogP contribution in [0.25, 0.3) is 22.2 Å². The van der Waals surface area contributed by atoms with E-state index in [0.717, 1.165) is 65.1 Å². The van der Waals surface area contributed by atoms with Gasteiger partial charge in [-0.2, -0.15) is 0 Å². The quantitative estimate of drug-likeness (QED) is 0.179. The maximum Gasteiger partial charge on any atom is 0.326 e. The van der Waals surface area contributed by atoms with Crippen molar-refractivity contribution >= 4 is 28.4 Å². The van der Waals surface area contributed by atoms with E-state index in [1.807, 2.05) is 30.3 Å². The lowest BCUT2D eigenvalue weighted by Gasteiger charge is -2.27. The van der Waals surface area contributed by atoms with Gasteiger partial charge >= 0.3 is 6.03 Å². The summed E-state index contributed by atoms with van der Waals surface area (Å²) in [5, 5.41) is 4.03. The third kappa shape index (κ3) is 7.43. The second-order valence-electron chi connectivity index (χ2n) is 11.5. The molecule has 0 radical (unpaired) electrons. The van der Waals surface area contributed by atoms with Crippen LogP contribution in [0.4, 0.5) is 16.2 Å². The number of ether oxygens (including phenoxy) is 1. The van der Waals surface area contributed by atoms with E-state index < -0.39 is 0 Å². The van der Waals surface area contributed by atoms with Crippen molar-refractivity contribution in [2.45, 2.75) is 59.8 Å². The smallest absolute Gasteiger partial charge is 0.326 e. The number of pyridine rings is 2. The summed E-state index contributed by atoms with van der Waals surface area (Å²) in [5.41, 5.74) is 5.46. The predicted octanol–water partition coefficient (Wildman–Crippen LogP) is 7.62. The monoisotopic (exact) mass is 583 g/mol. The highest BCUT2D eigenvalue weighted by Crippen LogP contribution is 2.38. The molecule has 8 heteroatoms. The van der Waals surface area contributed by atoms with Gasteiger partial charge in [0.25, 0.3) is 5.56 Å². The fourth-order valence-corrected chi connectivity index (χ4v) is 5.43. The minimum absolute atomic E-state index is 0.143. The number of aromatic nitrogens is 2. The molecule has 2 amide bonds. The summed E-state index contributed by atoms with van der Waals surface area (Å²) in [6.07, 6.45) is 2.37. The van der Waals surface area contributed by atoms with Gasteiger partial charge in [-0.05, 0) is 103 Å². The molecule has 43 heavy (non-hydrogen) atoms. The molecule has 0 saturated carbocycles. The Morgan fingerprint density at radius 1 is 0.930 bits per heavy atom. The van der Waals surface area contributed by atoms with Crippen LogP contribution in [-0.4, -0.2) is 54.2 Å². The van der Waals surface area contributed by atoms with E-state index in [1.54, 1.807) is 24.3 Å². The molecule has 2 N–H and O–H groups in total. The van der Waals surface area contributed by atoms with Gasteiger partial charge in [-0.25, -0.2) is 9.78 Å². The van der Waals surface area contributed by atoms with Gasteiger partial charge in [0.15, 0.2) is 0 Å². The lowest BCUT2D eigenvalue weighted by molar-refractivity contribution is 0.255. The molecular formula is C35H45N5O3. The maximum atomic E-state index is 14.2. The summed E-state index contributed by atoms with van der Waals surface area (Å²) < 4.78 is 5.48. The number of carbonyl (C=O) groups excluding carboxylic acids is 1. The number of methoxy groups -OCH3 is 1. The van der Waals surface area contributed by atoms with Crippen LogP contribution in [0.3, 0.4) is 0 Å². The molecule has 0 bridgehead atoms. The lowest BCUT2D eigenvalue weighted by Crippen LogP contribution is -2.40. The Morgan fingerprint density at radius 2 is 1.63 bits per heavy atom. The Hall–Kier alpha value is -4.17. The first-order chi connectivity index (χ1) is 20.7. The summed E-state index contributed by atoms with van der Waals surface area (Å²) in [5.74, 6) is 1.08. The van der Waals surface area contributed by atoms with Gasteiger partial charge < -0.3 is 19.9 Å². The van der Waals surface area contributed by atoms with Gasteiger partial charge in [0, 0.05) is 23.8 Å². The fourth-order valence-electron chi connectivity index (χ4n) is 5.43. The number of carbonyl (C=O) groups is 1. The third-order valence-corrected chi connectivity index (χ3v) is 7.96. The third-order valence-electron chi connectivity index (χ3n) is 7.96. The normalized spacial score (nSPS) is 11.5. The number of amides is 2. The number of nitrogens with zero attached hydrogens (tertiary/aromatic N) is 3. The molecule has 2 heterocycles. The average molecular weight is 584 g/mol. The first kappa shape index (κ1) is 31.8. The molecule has 0 aliphatic carbocycles. The maximum absolute atomic E-state index is 14.2. The van der Waals surface area contributed by atoms with Crippen molar-refractivity contribution in [3.8, 4) is 16.9 Å². The molecule has 228 valence electrons. The highest BCUT2D eigenvalue weighted by atomic mass is 16.5. The zero-order chi connectivity index (χ0) is 31.1. The summed E-state index contributed by atoms with van der Waals surface area (Å²) in [7, 11) is 1.67. The number of fused-ring (bicyclic) bond motifs is 1. The van der Waals surface area contributed by atoms with E-state index in [4.69, 9.17) is 4.74 Å². The number of aromatic amines is 1. The lowest BCUT2D eigenvalue weighted by atomic mass is 9.88. The molecule has 0 fully saturated rings. The molecule has 0 atom stereocenters. The fraction of sp³-hybridized carbons (Fsp3) is 0.400. The van der Waals surface area contributed by atoms with E-state index in [0.29, 0.717) is 17.9 Å². The van der Waals surface area contributed by atoms with Gasteiger partial charge in [-0.15, -0.1) is 0 Å². The van der Waals surface area contributed by atoms with Crippen molar-refractivity contribution < 1.29 is 9.53 Å². The minimum atomic E-state index is -0.342. The van der Waals surface area contributed by atoms with E-state index in [-0.39, 0.29) is 23.4 Å². The summed E-state index contributed by atoms with van der Waals surface area (Å²) in [6.45, 7) is 15.9. The summed E-state index contributed by atoms with van der Waals surface area (Å²) in [4.78, 5) is 38.6. The molecule has 0 aliphatic heterocycles. The predicted molar refractivity (Wildman–Crippen MR) is 178 cm³/mol. The van der Waals surface area contributed by atoms with Crippen LogP contribution in [0, 0.1) is 0 Å². The number of hydrogen-bond donors (Lipinski definition) is 2. The molecular weight excluding hydrogens is 538 g/mol. The second kappa shape index (κ2) is 14.3. The zero-order valence-electron chi connectivity index (χ0n) is 26.5. The van der Waals surface area contributed by atoms with Crippen LogP contribution < -0.4 is 20.5 Å². The first-order valence-corrected chi connectivity index (χ1v) is 15.3. The minimum Gasteiger partial charge on any atom is -0.497 e. The molecule has 0 saturated heterocycles. The summed E-state index contributed by atoms with van der Waals surface area (Å²) >= 11 is 0. The Kier molecular flexibility index (Phi) is 10.6. The highest BCUT2D eigenvalue weighted by Gasteiger charge is 2.24. The van der Waals surface area contributed by atoms with Crippen molar-refractivity contribution in [3.05, 3.63) is 82.3 Å².